The second kappa shape index (κ2) is 3.90. The number of hydrogen-bond donors (Lipinski definition) is 0. The molecule has 0 N–H and O–H groups in total. The van der Waals surface area contributed by atoms with Gasteiger partial charge in [0.15, 0.2) is 0 Å². The number of benzene rings is 1. The average Bonchev–Trinajstić information content (AvgIpc) is 2.51. The van der Waals surface area contributed by atoms with Crippen LogP contribution in [0.25, 0.3) is 10.1 Å². The van der Waals surface area contributed by atoms with Gasteiger partial charge in [-0.3, -0.25) is 0 Å². The lowest BCUT2D eigenvalue weighted by molar-refractivity contribution is 1.28. The second-order valence-electron chi connectivity index (χ2n) is 2.83. The van der Waals surface area contributed by atoms with Gasteiger partial charge in [-0.25, -0.2) is 0 Å². The van der Waals surface area contributed by atoms with E-state index in [4.69, 9.17) is 16.9 Å². The van der Waals surface area contributed by atoms with Gasteiger partial charge in [0.25, 0.3) is 0 Å². The standard InChI is InChI=1S/C10H5BrClNS/c11-8-2-1-6-5-9(12)14-10(6)7(8)3-4-13/h1-2,5H,3H2. The average molecular weight is 287 g/mol. The van der Waals surface area contributed by atoms with E-state index < -0.39 is 0 Å². The van der Waals surface area contributed by atoms with E-state index in [0.29, 0.717) is 6.42 Å². The number of fused-ring (bicyclic) bond motifs is 1. The lowest BCUT2D eigenvalue weighted by Crippen LogP contribution is -1.83. The molecule has 0 bridgehead atoms. The van der Waals surface area contributed by atoms with Crippen LogP contribution in [0.4, 0.5) is 0 Å². The van der Waals surface area contributed by atoms with Gasteiger partial charge >= 0.3 is 0 Å². The molecule has 0 aliphatic rings. The van der Waals surface area contributed by atoms with Crippen molar-refractivity contribution in [3.63, 3.8) is 0 Å². The molecule has 0 saturated carbocycles. The van der Waals surface area contributed by atoms with Gasteiger partial charge in [-0.15, -0.1) is 11.3 Å². The minimum atomic E-state index is 0.411. The monoisotopic (exact) mass is 285 g/mol. The first-order valence-corrected chi connectivity index (χ1v) is 5.94. The maximum Gasteiger partial charge on any atom is 0.0940 e. The first-order valence-electron chi connectivity index (χ1n) is 3.95. The van der Waals surface area contributed by atoms with Gasteiger partial charge < -0.3 is 0 Å². The molecule has 1 aromatic heterocycles. The molecule has 0 spiro atoms. The van der Waals surface area contributed by atoms with Crippen LogP contribution in [-0.2, 0) is 6.42 Å². The summed E-state index contributed by atoms with van der Waals surface area (Å²) in [5.41, 5.74) is 1.03. The molecule has 0 radical (unpaired) electrons. The van der Waals surface area contributed by atoms with Crippen molar-refractivity contribution >= 4 is 49.0 Å². The van der Waals surface area contributed by atoms with E-state index in [0.717, 1.165) is 24.5 Å². The molecule has 0 unspecified atom stereocenters. The van der Waals surface area contributed by atoms with Crippen LogP contribution in [0.15, 0.2) is 22.7 Å². The summed E-state index contributed by atoms with van der Waals surface area (Å²) in [7, 11) is 0. The smallest absolute Gasteiger partial charge is 0.0940 e. The number of nitriles is 1. The Morgan fingerprint density at radius 1 is 1.50 bits per heavy atom. The van der Waals surface area contributed by atoms with Crippen molar-refractivity contribution in [1.82, 2.24) is 0 Å². The first-order chi connectivity index (χ1) is 6.72. The number of thiophene rings is 1. The molecule has 0 atom stereocenters. The number of nitrogens with zero attached hydrogens (tertiary/aromatic N) is 1. The zero-order valence-corrected chi connectivity index (χ0v) is 10.2. The highest BCUT2D eigenvalue weighted by Crippen LogP contribution is 2.35. The van der Waals surface area contributed by atoms with Crippen molar-refractivity contribution in [3.8, 4) is 6.07 Å². The highest BCUT2D eigenvalue weighted by atomic mass is 79.9. The van der Waals surface area contributed by atoms with Crippen LogP contribution in [0.5, 0.6) is 0 Å². The van der Waals surface area contributed by atoms with Gasteiger partial charge in [-0.1, -0.05) is 33.6 Å². The quantitative estimate of drug-likeness (QED) is 0.763. The van der Waals surface area contributed by atoms with Crippen molar-refractivity contribution < 1.29 is 0 Å². The second-order valence-corrected chi connectivity index (χ2v) is 5.37. The zero-order valence-electron chi connectivity index (χ0n) is 7.05. The molecular formula is C10H5BrClNS. The van der Waals surface area contributed by atoms with E-state index in [-0.39, 0.29) is 0 Å². The third-order valence-electron chi connectivity index (χ3n) is 1.96. The molecule has 1 nitrogen and oxygen atoms in total. The minimum absolute atomic E-state index is 0.411. The van der Waals surface area contributed by atoms with Gasteiger partial charge in [0.05, 0.1) is 16.8 Å². The Balaban J connectivity index is 2.76. The van der Waals surface area contributed by atoms with Gasteiger partial charge in [0.2, 0.25) is 0 Å². The fourth-order valence-corrected chi connectivity index (χ4v) is 3.23. The molecule has 1 heterocycles. The Bertz CT molecular complexity index is 527. The summed E-state index contributed by atoms with van der Waals surface area (Å²) in [6.07, 6.45) is 0.411. The van der Waals surface area contributed by atoms with Crippen LogP contribution in [0.2, 0.25) is 4.34 Å². The lowest BCUT2D eigenvalue weighted by atomic mass is 10.1. The molecule has 14 heavy (non-hydrogen) atoms. The van der Waals surface area contributed by atoms with Gasteiger partial charge in [-0.05, 0) is 23.1 Å². The molecular weight excluding hydrogens is 282 g/mol. The largest absolute Gasteiger partial charge is 0.198 e. The van der Waals surface area contributed by atoms with E-state index >= 15 is 0 Å². The fourth-order valence-electron chi connectivity index (χ4n) is 1.35. The molecule has 0 saturated heterocycles. The maximum absolute atomic E-state index is 8.71. The minimum Gasteiger partial charge on any atom is -0.198 e. The first kappa shape index (κ1) is 9.97. The summed E-state index contributed by atoms with van der Waals surface area (Å²) >= 11 is 10.9. The third-order valence-corrected chi connectivity index (χ3v) is 4.04. The number of rotatable bonds is 1. The molecule has 0 aliphatic heterocycles. The van der Waals surface area contributed by atoms with Crippen molar-refractivity contribution in [2.45, 2.75) is 6.42 Å². The lowest BCUT2D eigenvalue weighted by Gasteiger charge is -2.00. The molecule has 0 amide bonds. The van der Waals surface area contributed by atoms with E-state index in [1.54, 1.807) is 0 Å². The Kier molecular flexibility index (Phi) is 2.78. The van der Waals surface area contributed by atoms with Crippen molar-refractivity contribution in [1.29, 1.82) is 5.26 Å². The van der Waals surface area contributed by atoms with E-state index in [9.17, 15) is 0 Å². The fraction of sp³-hybridized carbons (Fsp3) is 0.100. The number of halogens is 2. The summed E-state index contributed by atoms with van der Waals surface area (Å²) < 4.78 is 2.84. The normalized spacial score (nSPS) is 10.4. The molecule has 70 valence electrons. The Labute approximate surface area is 99.0 Å². The van der Waals surface area contributed by atoms with E-state index in [2.05, 4.69) is 22.0 Å². The molecule has 2 aromatic rings. The van der Waals surface area contributed by atoms with Crippen molar-refractivity contribution in [2.24, 2.45) is 0 Å². The third kappa shape index (κ3) is 1.66. The summed E-state index contributed by atoms with van der Waals surface area (Å²) in [6.45, 7) is 0. The summed E-state index contributed by atoms with van der Waals surface area (Å²) in [5.74, 6) is 0. The Morgan fingerprint density at radius 2 is 2.29 bits per heavy atom. The van der Waals surface area contributed by atoms with Crippen LogP contribution in [-0.4, -0.2) is 0 Å². The maximum atomic E-state index is 8.71. The van der Waals surface area contributed by atoms with Crippen LogP contribution < -0.4 is 0 Å². The predicted molar refractivity (Wildman–Crippen MR) is 63.9 cm³/mol. The molecule has 4 heteroatoms. The van der Waals surface area contributed by atoms with Crippen LogP contribution >= 0.6 is 38.9 Å². The van der Waals surface area contributed by atoms with Gasteiger partial charge in [0, 0.05) is 9.17 Å². The summed E-state index contributed by atoms with van der Waals surface area (Å²) in [5, 5.41) is 9.82. The number of hydrogen-bond acceptors (Lipinski definition) is 2. The molecule has 2 rings (SSSR count). The summed E-state index contributed by atoms with van der Waals surface area (Å²) in [6, 6.07) is 8.04. The molecule has 0 fully saturated rings. The van der Waals surface area contributed by atoms with Crippen molar-refractivity contribution in [3.05, 3.63) is 32.6 Å². The molecule has 1 aromatic carbocycles. The van der Waals surface area contributed by atoms with E-state index in [1.807, 2.05) is 18.2 Å². The van der Waals surface area contributed by atoms with Gasteiger partial charge in [0.1, 0.15) is 0 Å². The van der Waals surface area contributed by atoms with Crippen LogP contribution in [0, 0.1) is 11.3 Å². The van der Waals surface area contributed by atoms with E-state index in [1.165, 1.54) is 11.3 Å². The van der Waals surface area contributed by atoms with Crippen LogP contribution in [0.3, 0.4) is 0 Å². The zero-order chi connectivity index (χ0) is 10.1. The van der Waals surface area contributed by atoms with Crippen LogP contribution in [0.1, 0.15) is 5.56 Å². The predicted octanol–water partition coefficient (Wildman–Crippen LogP) is 4.38. The SMILES string of the molecule is N#CCc1c(Br)ccc2cc(Cl)sc12. The Morgan fingerprint density at radius 3 is 3.00 bits per heavy atom. The summed E-state index contributed by atoms with van der Waals surface area (Å²) in [4.78, 5) is 0. The topological polar surface area (TPSA) is 23.8 Å². The highest BCUT2D eigenvalue weighted by molar-refractivity contribution is 9.10. The van der Waals surface area contributed by atoms with Crippen molar-refractivity contribution in [2.75, 3.05) is 0 Å². The highest BCUT2D eigenvalue weighted by Gasteiger charge is 2.08. The van der Waals surface area contributed by atoms with Gasteiger partial charge in [-0.2, -0.15) is 5.26 Å². The Hall–Kier alpha value is -0.560. The molecule has 0 aliphatic carbocycles.